The van der Waals surface area contributed by atoms with Crippen molar-refractivity contribution in [2.24, 2.45) is 0 Å². The van der Waals surface area contributed by atoms with Gasteiger partial charge in [0.25, 0.3) is 0 Å². The molecule has 0 radical (unpaired) electrons. The first-order valence-electron chi connectivity index (χ1n) is 2.93. The molecule has 2 N–H and O–H groups in total. The normalized spacial score (nSPS) is 9.08. The number of aromatic carboxylic acids is 1. The van der Waals surface area contributed by atoms with Gasteiger partial charge in [-0.05, 0) is 57.3 Å². The van der Waals surface area contributed by atoms with Crippen molar-refractivity contribution in [2.45, 2.75) is 0 Å². The van der Waals surface area contributed by atoms with Crippen LogP contribution in [-0.4, -0.2) is 35.0 Å². The van der Waals surface area contributed by atoms with Crippen LogP contribution >= 0.6 is 45.2 Å². The van der Waals surface area contributed by atoms with E-state index < -0.39 is 5.97 Å². The van der Waals surface area contributed by atoms with E-state index in [0.29, 0.717) is 3.57 Å². The Morgan fingerprint density at radius 1 is 1.31 bits per heavy atom. The summed E-state index contributed by atoms with van der Waals surface area (Å²) < 4.78 is 1.35. The van der Waals surface area contributed by atoms with Gasteiger partial charge in [-0.15, -0.1) is 0 Å². The van der Waals surface area contributed by atoms with Crippen molar-refractivity contribution in [1.82, 2.24) is 0 Å². The SMILES string of the molecule is O=C(O)c1cc(I)cc(I)c1O.[LiH]. The van der Waals surface area contributed by atoms with E-state index in [1.807, 2.05) is 45.2 Å². The van der Waals surface area contributed by atoms with Gasteiger partial charge in [0.1, 0.15) is 11.3 Å². The van der Waals surface area contributed by atoms with Crippen molar-refractivity contribution in [3.63, 3.8) is 0 Å². The second-order valence-corrected chi connectivity index (χ2v) is 4.50. The second-order valence-electron chi connectivity index (χ2n) is 2.09. The zero-order valence-corrected chi connectivity index (χ0v) is 10.0. The number of carboxylic acids is 1. The number of phenols is 1. The second kappa shape index (κ2) is 5.43. The first kappa shape index (κ1) is 13.5. The molecule has 66 valence electrons. The van der Waals surface area contributed by atoms with Crippen LogP contribution in [0.2, 0.25) is 0 Å². The van der Waals surface area contributed by atoms with E-state index in [-0.39, 0.29) is 30.2 Å². The molecule has 0 aliphatic rings. The van der Waals surface area contributed by atoms with Gasteiger partial charge in [0.05, 0.1) is 3.57 Å². The zero-order chi connectivity index (χ0) is 9.30. The molecule has 0 amide bonds. The number of hydrogen-bond acceptors (Lipinski definition) is 2. The van der Waals surface area contributed by atoms with Crippen molar-refractivity contribution < 1.29 is 15.0 Å². The van der Waals surface area contributed by atoms with Crippen LogP contribution in [-0.2, 0) is 0 Å². The van der Waals surface area contributed by atoms with E-state index in [0.717, 1.165) is 3.57 Å². The molecule has 0 saturated heterocycles. The molecule has 0 heterocycles. The van der Waals surface area contributed by atoms with Gasteiger partial charge in [0.2, 0.25) is 0 Å². The zero-order valence-electron chi connectivity index (χ0n) is 5.71. The topological polar surface area (TPSA) is 57.5 Å². The van der Waals surface area contributed by atoms with E-state index in [2.05, 4.69) is 0 Å². The predicted octanol–water partition coefficient (Wildman–Crippen LogP) is 1.65. The summed E-state index contributed by atoms with van der Waals surface area (Å²) in [5, 5.41) is 17.9. The molecule has 0 aliphatic carbocycles. The fourth-order valence-electron chi connectivity index (χ4n) is 0.729. The maximum absolute atomic E-state index is 10.6. The van der Waals surface area contributed by atoms with Crippen molar-refractivity contribution in [3.05, 3.63) is 24.8 Å². The Balaban J connectivity index is 0.00000144. The average molecular weight is 398 g/mol. The van der Waals surface area contributed by atoms with Crippen LogP contribution in [0.25, 0.3) is 0 Å². The monoisotopic (exact) mass is 398 g/mol. The molecule has 13 heavy (non-hydrogen) atoms. The minimum atomic E-state index is -1.11. The molecule has 3 nitrogen and oxygen atoms in total. The van der Waals surface area contributed by atoms with Gasteiger partial charge in [-0.1, -0.05) is 0 Å². The number of halogens is 2. The molecule has 0 fully saturated rings. The van der Waals surface area contributed by atoms with Gasteiger partial charge in [0.15, 0.2) is 0 Å². The molecule has 0 unspecified atom stereocenters. The Hall–Kier alpha value is 0.547. The van der Waals surface area contributed by atoms with Gasteiger partial charge >= 0.3 is 24.8 Å². The molecule has 0 bridgehead atoms. The van der Waals surface area contributed by atoms with Crippen LogP contribution in [0.15, 0.2) is 12.1 Å². The quantitative estimate of drug-likeness (QED) is 0.559. The van der Waals surface area contributed by atoms with Crippen molar-refractivity contribution in [2.75, 3.05) is 0 Å². The van der Waals surface area contributed by atoms with E-state index in [4.69, 9.17) is 5.11 Å². The van der Waals surface area contributed by atoms with Crippen LogP contribution in [0.4, 0.5) is 0 Å². The average Bonchev–Trinajstić information content (AvgIpc) is 1.96. The van der Waals surface area contributed by atoms with Crippen LogP contribution in [0.1, 0.15) is 10.4 Å². The molecule has 6 heteroatoms. The summed E-state index contributed by atoms with van der Waals surface area (Å²) in [7, 11) is 0. The molecule has 0 aromatic heterocycles. The molecule has 0 atom stereocenters. The molecule has 1 aromatic rings. The molecule has 0 spiro atoms. The third-order valence-corrected chi connectivity index (χ3v) is 2.70. The Labute approximate surface area is 114 Å². The molecular weight excluding hydrogens is 393 g/mol. The standard InChI is InChI=1S/C7H4I2O3.Li.H/c8-3-1-4(7(11)12)6(10)5(9)2-3;;/h1-2,10H,(H,11,12);;. The Kier molecular flexibility index (Phi) is 5.66. The number of benzene rings is 1. The summed E-state index contributed by atoms with van der Waals surface area (Å²) in [4.78, 5) is 10.6. The Morgan fingerprint density at radius 3 is 2.31 bits per heavy atom. The summed E-state index contributed by atoms with van der Waals surface area (Å²) in [5.41, 5.74) is -0.0497. The third-order valence-electron chi connectivity index (χ3n) is 1.26. The first-order chi connectivity index (χ1) is 5.52. The van der Waals surface area contributed by atoms with Crippen LogP contribution in [0.3, 0.4) is 0 Å². The first-order valence-corrected chi connectivity index (χ1v) is 5.09. The molecule has 1 rings (SSSR count). The van der Waals surface area contributed by atoms with Crippen LogP contribution < -0.4 is 0 Å². The van der Waals surface area contributed by atoms with Crippen molar-refractivity contribution in [1.29, 1.82) is 0 Å². The van der Waals surface area contributed by atoms with E-state index in [9.17, 15) is 9.90 Å². The van der Waals surface area contributed by atoms with Crippen molar-refractivity contribution in [3.8, 4) is 5.75 Å². The molecule has 0 saturated carbocycles. The van der Waals surface area contributed by atoms with Gasteiger partial charge in [-0.25, -0.2) is 4.79 Å². The van der Waals surface area contributed by atoms with Gasteiger partial charge in [-0.2, -0.15) is 0 Å². The van der Waals surface area contributed by atoms with Gasteiger partial charge in [0, 0.05) is 3.57 Å². The number of carbonyl (C=O) groups is 1. The van der Waals surface area contributed by atoms with Crippen LogP contribution in [0, 0.1) is 7.14 Å². The number of hydrogen-bond donors (Lipinski definition) is 2. The third kappa shape index (κ3) is 3.31. The minimum absolute atomic E-state index is 0. The van der Waals surface area contributed by atoms with Gasteiger partial charge < -0.3 is 10.2 Å². The Morgan fingerprint density at radius 2 is 1.85 bits per heavy atom. The molecule has 0 aliphatic heterocycles. The van der Waals surface area contributed by atoms with E-state index in [1.54, 1.807) is 6.07 Å². The van der Waals surface area contributed by atoms with E-state index in [1.165, 1.54) is 6.07 Å². The molecule has 1 aromatic carbocycles. The van der Waals surface area contributed by atoms with Crippen LogP contribution in [0.5, 0.6) is 5.75 Å². The number of carboxylic acid groups (broad SMARTS) is 1. The maximum atomic E-state index is 10.6. The van der Waals surface area contributed by atoms with Crippen molar-refractivity contribution >= 4 is 70.0 Å². The fraction of sp³-hybridized carbons (Fsp3) is 0. The number of rotatable bonds is 1. The fourth-order valence-corrected chi connectivity index (χ4v) is 2.57. The number of aromatic hydroxyl groups is 1. The Bertz CT molecular complexity index is 341. The van der Waals surface area contributed by atoms with Gasteiger partial charge in [-0.3, -0.25) is 0 Å². The predicted molar refractivity (Wildman–Crippen MR) is 67.6 cm³/mol. The summed E-state index contributed by atoms with van der Waals surface area (Å²) in [5.74, 6) is -1.27. The summed E-state index contributed by atoms with van der Waals surface area (Å²) in [6.45, 7) is 0. The summed E-state index contributed by atoms with van der Waals surface area (Å²) in [6.07, 6.45) is 0. The molecular formula is C7H5I2LiO3. The summed E-state index contributed by atoms with van der Waals surface area (Å²) in [6, 6.07) is 3.14. The summed E-state index contributed by atoms with van der Waals surface area (Å²) >= 11 is 3.89. The van der Waals surface area contributed by atoms with E-state index >= 15 is 0 Å².